The summed E-state index contributed by atoms with van der Waals surface area (Å²) in [5, 5.41) is 0.847. The van der Waals surface area contributed by atoms with Gasteiger partial charge in [-0.1, -0.05) is 41.9 Å². The summed E-state index contributed by atoms with van der Waals surface area (Å²) in [5.74, 6) is 0.689. The van der Waals surface area contributed by atoms with E-state index in [9.17, 15) is 4.79 Å². The molecule has 0 radical (unpaired) electrons. The minimum absolute atomic E-state index is 0.180. The Morgan fingerprint density at radius 1 is 1.32 bits per heavy atom. The van der Waals surface area contributed by atoms with E-state index in [4.69, 9.17) is 0 Å². The van der Waals surface area contributed by atoms with Gasteiger partial charge in [-0.15, -0.1) is 0 Å². The molecule has 19 heavy (non-hydrogen) atoms. The standard InChI is InChI=1S/C16H22BrNO/c1-12(2)13-6-8-14(9-7-13)16(19)18(11-10-17)15-4-3-5-15/h6-9,12,15H,3-5,10-11H2,1-2H3. The highest BCUT2D eigenvalue weighted by molar-refractivity contribution is 9.09. The molecular weight excluding hydrogens is 302 g/mol. The summed E-state index contributed by atoms with van der Waals surface area (Å²) in [7, 11) is 0. The summed E-state index contributed by atoms with van der Waals surface area (Å²) in [6.07, 6.45) is 3.56. The van der Waals surface area contributed by atoms with E-state index in [1.807, 2.05) is 17.0 Å². The molecular formula is C16H22BrNO. The molecule has 0 heterocycles. The van der Waals surface area contributed by atoms with Gasteiger partial charge in [0.05, 0.1) is 0 Å². The first-order chi connectivity index (χ1) is 9.13. The average molecular weight is 324 g/mol. The molecule has 1 aliphatic carbocycles. The third-order valence-corrected chi connectivity index (χ3v) is 4.28. The molecule has 0 N–H and O–H groups in total. The van der Waals surface area contributed by atoms with Gasteiger partial charge in [0, 0.05) is 23.5 Å². The molecule has 0 aliphatic heterocycles. The fourth-order valence-electron chi connectivity index (χ4n) is 2.42. The number of amides is 1. The first-order valence-electron chi connectivity index (χ1n) is 7.10. The Morgan fingerprint density at radius 3 is 2.37 bits per heavy atom. The SMILES string of the molecule is CC(C)c1ccc(C(=O)N(CCBr)C2CCC2)cc1. The zero-order valence-electron chi connectivity index (χ0n) is 11.7. The van der Waals surface area contributed by atoms with Crippen molar-refractivity contribution in [3.63, 3.8) is 0 Å². The first-order valence-corrected chi connectivity index (χ1v) is 8.22. The van der Waals surface area contributed by atoms with Crippen molar-refractivity contribution in [2.45, 2.75) is 45.1 Å². The smallest absolute Gasteiger partial charge is 0.254 e. The van der Waals surface area contributed by atoms with Gasteiger partial charge in [-0.05, 0) is 42.9 Å². The molecule has 1 aromatic carbocycles. The second-order valence-corrected chi connectivity index (χ2v) is 6.34. The summed E-state index contributed by atoms with van der Waals surface area (Å²) in [5.41, 5.74) is 2.10. The minimum atomic E-state index is 0.180. The van der Waals surface area contributed by atoms with E-state index >= 15 is 0 Å². The van der Waals surface area contributed by atoms with Gasteiger partial charge in [-0.25, -0.2) is 0 Å². The molecule has 0 unspecified atom stereocenters. The summed E-state index contributed by atoms with van der Waals surface area (Å²) in [4.78, 5) is 14.6. The van der Waals surface area contributed by atoms with Crippen molar-refractivity contribution in [1.82, 2.24) is 4.90 Å². The van der Waals surface area contributed by atoms with Crippen molar-refractivity contribution in [1.29, 1.82) is 0 Å². The number of rotatable bonds is 5. The lowest BCUT2D eigenvalue weighted by atomic mass is 9.91. The topological polar surface area (TPSA) is 20.3 Å². The van der Waals surface area contributed by atoms with Crippen LogP contribution in [0.5, 0.6) is 0 Å². The molecule has 0 spiro atoms. The van der Waals surface area contributed by atoms with Crippen LogP contribution in [0.3, 0.4) is 0 Å². The van der Waals surface area contributed by atoms with Crippen LogP contribution in [0.1, 0.15) is 54.9 Å². The third kappa shape index (κ3) is 3.38. The zero-order chi connectivity index (χ0) is 13.8. The van der Waals surface area contributed by atoms with E-state index in [2.05, 4.69) is 41.9 Å². The number of carbonyl (C=O) groups is 1. The van der Waals surface area contributed by atoms with Crippen molar-refractivity contribution < 1.29 is 4.79 Å². The second-order valence-electron chi connectivity index (χ2n) is 5.55. The number of alkyl halides is 1. The summed E-state index contributed by atoms with van der Waals surface area (Å²) >= 11 is 3.45. The molecule has 1 fully saturated rings. The molecule has 2 rings (SSSR count). The van der Waals surface area contributed by atoms with Gasteiger partial charge in [0.1, 0.15) is 0 Å². The van der Waals surface area contributed by atoms with Crippen molar-refractivity contribution >= 4 is 21.8 Å². The quantitative estimate of drug-likeness (QED) is 0.744. The maximum atomic E-state index is 12.6. The van der Waals surface area contributed by atoms with Gasteiger partial charge in [0.25, 0.3) is 5.91 Å². The van der Waals surface area contributed by atoms with Crippen molar-refractivity contribution in [2.24, 2.45) is 0 Å². The monoisotopic (exact) mass is 323 g/mol. The van der Waals surface area contributed by atoms with Gasteiger partial charge < -0.3 is 4.90 Å². The number of hydrogen-bond acceptors (Lipinski definition) is 1. The lowest BCUT2D eigenvalue weighted by molar-refractivity contribution is 0.0599. The zero-order valence-corrected chi connectivity index (χ0v) is 13.3. The highest BCUT2D eigenvalue weighted by Gasteiger charge is 2.28. The predicted molar refractivity (Wildman–Crippen MR) is 83.0 cm³/mol. The summed E-state index contributed by atoms with van der Waals surface area (Å²) < 4.78 is 0. The maximum absolute atomic E-state index is 12.6. The van der Waals surface area contributed by atoms with Crippen LogP contribution in [0.4, 0.5) is 0 Å². The highest BCUT2D eigenvalue weighted by Crippen LogP contribution is 2.26. The van der Waals surface area contributed by atoms with Crippen LogP contribution < -0.4 is 0 Å². The number of hydrogen-bond donors (Lipinski definition) is 0. The molecule has 0 saturated heterocycles. The van der Waals surface area contributed by atoms with Crippen LogP contribution in [0, 0.1) is 0 Å². The van der Waals surface area contributed by atoms with Crippen molar-refractivity contribution in [2.75, 3.05) is 11.9 Å². The van der Waals surface area contributed by atoms with E-state index in [0.29, 0.717) is 12.0 Å². The Labute approximate surface area is 124 Å². The van der Waals surface area contributed by atoms with E-state index < -0.39 is 0 Å². The Morgan fingerprint density at radius 2 is 1.95 bits per heavy atom. The van der Waals surface area contributed by atoms with Gasteiger partial charge in [-0.2, -0.15) is 0 Å². The normalized spacial score (nSPS) is 15.4. The largest absolute Gasteiger partial charge is 0.335 e. The maximum Gasteiger partial charge on any atom is 0.254 e. The summed E-state index contributed by atoms with van der Waals surface area (Å²) in [6, 6.07) is 8.54. The van der Waals surface area contributed by atoms with Crippen LogP contribution in [-0.2, 0) is 0 Å². The van der Waals surface area contributed by atoms with Crippen LogP contribution in [0.15, 0.2) is 24.3 Å². The molecule has 1 amide bonds. The Balaban J connectivity index is 2.11. The van der Waals surface area contributed by atoms with E-state index in [-0.39, 0.29) is 5.91 Å². The van der Waals surface area contributed by atoms with E-state index in [0.717, 1.165) is 30.3 Å². The molecule has 0 bridgehead atoms. The molecule has 2 nitrogen and oxygen atoms in total. The van der Waals surface area contributed by atoms with Crippen molar-refractivity contribution in [3.8, 4) is 0 Å². The molecule has 0 atom stereocenters. The Bertz CT molecular complexity index is 423. The van der Waals surface area contributed by atoms with Crippen LogP contribution in [0.2, 0.25) is 0 Å². The first kappa shape index (κ1) is 14.6. The van der Waals surface area contributed by atoms with Gasteiger partial charge in [0.2, 0.25) is 0 Å². The lowest BCUT2D eigenvalue weighted by Crippen LogP contribution is -2.45. The molecule has 0 aromatic heterocycles. The van der Waals surface area contributed by atoms with Crippen LogP contribution in [0.25, 0.3) is 0 Å². The van der Waals surface area contributed by atoms with Crippen LogP contribution >= 0.6 is 15.9 Å². The van der Waals surface area contributed by atoms with Crippen molar-refractivity contribution in [3.05, 3.63) is 35.4 Å². The minimum Gasteiger partial charge on any atom is -0.335 e. The second kappa shape index (κ2) is 6.56. The molecule has 1 saturated carbocycles. The molecule has 1 aliphatic rings. The number of benzene rings is 1. The molecule has 3 heteroatoms. The fourth-order valence-corrected chi connectivity index (χ4v) is 2.80. The summed E-state index contributed by atoms with van der Waals surface area (Å²) in [6.45, 7) is 5.14. The van der Waals surface area contributed by atoms with Gasteiger partial charge in [0.15, 0.2) is 0 Å². The highest BCUT2D eigenvalue weighted by atomic mass is 79.9. The number of carbonyl (C=O) groups excluding carboxylic acids is 1. The predicted octanol–water partition coefficient (Wildman–Crippen LogP) is 4.20. The van der Waals surface area contributed by atoms with Gasteiger partial charge in [-0.3, -0.25) is 4.79 Å². The number of nitrogens with zero attached hydrogens (tertiary/aromatic N) is 1. The lowest BCUT2D eigenvalue weighted by Gasteiger charge is -2.37. The Kier molecular flexibility index (Phi) is 5.03. The molecule has 1 aromatic rings. The van der Waals surface area contributed by atoms with E-state index in [1.165, 1.54) is 12.0 Å². The van der Waals surface area contributed by atoms with Crippen LogP contribution in [-0.4, -0.2) is 28.7 Å². The average Bonchev–Trinajstić information content (AvgIpc) is 2.35. The fraction of sp³-hybridized carbons (Fsp3) is 0.562. The number of halogens is 1. The Hall–Kier alpha value is -0.830. The third-order valence-electron chi connectivity index (χ3n) is 3.93. The van der Waals surface area contributed by atoms with E-state index in [1.54, 1.807) is 0 Å². The van der Waals surface area contributed by atoms with Gasteiger partial charge >= 0.3 is 0 Å². The molecule has 104 valence electrons.